The van der Waals surface area contributed by atoms with Gasteiger partial charge in [0.1, 0.15) is 0 Å². The molecule has 0 spiro atoms. The number of nitrogens with one attached hydrogen (secondary N) is 1. The van der Waals surface area contributed by atoms with E-state index in [0.29, 0.717) is 38.3 Å². The third kappa shape index (κ3) is 2.77. The predicted molar refractivity (Wildman–Crippen MR) is 82.8 cm³/mol. The van der Waals surface area contributed by atoms with E-state index in [1.54, 1.807) is 16.7 Å². The lowest BCUT2D eigenvalue weighted by Crippen LogP contribution is -2.50. The van der Waals surface area contributed by atoms with E-state index >= 15 is 0 Å². The normalized spacial score (nSPS) is 15.1. The molecule has 2 aromatic rings. The summed E-state index contributed by atoms with van der Waals surface area (Å²) >= 11 is 0. The van der Waals surface area contributed by atoms with Crippen molar-refractivity contribution in [1.29, 1.82) is 0 Å². The van der Waals surface area contributed by atoms with Gasteiger partial charge in [-0.15, -0.1) is 0 Å². The summed E-state index contributed by atoms with van der Waals surface area (Å²) in [6.45, 7) is 4.23. The van der Waals surface area contributed by atoms with Crippen LogP contribution in [0.2, 0.25) is 0 Å². The Bertz CT molecular complexity index is 687. The lowest BCUT2D eigenvalue weighted by Gasteiger charge is -2.34. The molecule has 1 aliphatic rings. The summed E-state index contributed by atoms with van der Waals surface area (Å²) in [5.41, 5.74) is 1.62. The number of fused-ring (bicyclic) bond motifs is 1. The van der Waals surface area contributed by atoms with Gasteiger partial charge < -0.3 is 19.5 Å². The molecule has 1 N–H and O–H groups in total. The van der Waals surface area contributed by atoms with E-state index in [1.165, 1.54) is 0 Å². The first kappa shape index (κ1) is 14.4. The van der Waals surface area contributed by atoms with Crippen molar-refractivity contribution in [2.75, 3.05) is 32.8 Å². The summed E-state index contributed by atoms with van der Waals surface area (Å²) in [7, 11) is 0. The molecule has 1 fully saturated rings. The van der Waals surface area contributed by atoms with Crippen molar-refractivity contribution in [1.82, 2.24) is 14.8 Å². The molecule has 6 heteroatoms. The van der Waals surface area contributed by atoms with Crippen LogP contribution in [-0.4, -0.2) is 59.6 Å². The molecule has 2 heterocycles. The van der Waals surface area contributed by atoms with Crippen molar-refractivity contribution in [3.05, 3.63) is 36.0 Å². The summed E-state index contributed by atoms with van der Waals surface area (Å²) in [5, 5.41) is 1.09. The maximum atomic E-state index is 12.5. The van der Waals surface area contributed by atoms with Gasteiger partial charge in [0.05, 0.1) is 6.61 Å². The molecule has 0 saturated carbocycles. The van der Waals surface area contributed by atoms with Gasteiger partial charge in [0.2, 0.25) is 0 Å². The lowest BCUT2D eigenvalue weighted by atomic mass is 10.1. The standard InChI is InChI=1S/C16H19N3O3/c1-2-22-16(21)19-9-7-18(8-10-19)15(20)13-4-3-12-5-6-17-14(12)11-13/h3-6,11,17H,2,7-10H2,1H3. The van der Waals surface area contributed by atoms with Crippen molar-refractivity contribution >= 4 is 22.9 Å². The van der Waals surface area contributed by atoms with Gasteiger partial charge in [-0.2, -0.15) is 0 Å². The first-order valence-electron chi connectivity index (χ1n) is 7.47. The average molecular weight is 301 g/mol. The topological polar surface area (TPSA) is 65.6 Å². The van der Waals surface area contributed by atoms with Crippen LogP contribution in [0.4, 0.5) is 4.79 Å². The predicted octanol–water partition coefficient (Wildman–Crippen LogP) is 2.08. The minimum absolute atomic E-state index is 0.00000821. The fourth-order valence-electron chi connectivity index (χ4n) is 2.67. The SMILES string of the molecule is CCOC(=O)N1CCN(C(=O)c2ccc3cc[nH]c3c2)CC1. The second-order valence-electron chi connectivity index (χ2n) is 5.26. The molecule has 0 unspecified atom stereocenters. The summed E-state index contributed by atoms with van der Waals surface area (Å²) in [6.07, 6.45) is 1.55. The van der Waals surface area contributed by atoms with Gasteiger partial charge in [0.15, 0.2) is 0 Å². The number of carbonyl (C=O) groups is 2. The van der Waals surface area contributed by atoms with Gasteiger partial charge in [-0.3, -0.25) is 4.79 Å². The minimum atomic E-state index is -0.303. The molecule has 1 aliphatic heterocycles. The highest BCUT2D eigenvalue weighted by atomic mass is 16.6. The number of benzene rings is 1. The second kappa shape index (κ2) is 6.09. The number of nitrogens with zero attached hydrogens (tertiary/aromatic N) is 2. The Morgan fingerprint density at radius 2 is 1.86 bits per heavy atom. The van der Waals surface area contributed by atoms with Crippen LogP contribution in [0, 0.1) is 0 Å². The Hall–Kier alpha value is -2.50. The van der Waals surface area contributed by atoms with Gasteiger partial charge >= 0.3 is 6.09 Å². The highest BCUT2D eigenvalue weighted by Gasteiger charge is 2.25. The fraction of sp³-hybridized carbons (Fsp3) is 0.375. The van der Waals surface area contributed by atoms with E-state index in [1.807, 2.05) is 30.5 Å². The number of aromatic nitrogens is 1. The van der Waals surface area contributed by atoms with Crippen molar-refractivity contribution in [3.8, 4) is 0 Å². The van der Waals surface area contributed by atoms with Gasteiger partial charge in [0.25, 0.3) is 5.91 Å². The third-order valence-corrected chi connectivity index (χ3v) is 3.89. The number of ether oxygens (including phenoxy) is 1. The zero-order chi connectivity index (χ0) is 15.5. The number of rotatable bonds is 2. The minimum Gasteiger partial charge on any atom is -0.450 e. The average Bonchev–Trinajstić information content (AvgIpc) is 3.02. The molecule has 116 valence electrons. The van der Waals surface area contributed by atoms with Gasteiger partial charge in [0, 0.05) is 43.5 Å². The van der Waals surface area contributed by atoms with Gasteiger partial charge in [-0.05, 0) is 30.5 Å². The van der Waals surface area contributed by atoms with Crippen LogP contribution < -0.4 is 0 Å². The molecule has 0 bridgehead atoms. The highest BCUT2D eigenvalue weighted by Crippen LogP contribution is 2.16. The first-order valence-corrected chi connectivity index (χ1v) is 7.47. The van der Waals surface area contributed by atoms with E-state index in [9.17, 15) is 9.59 Å². The molecule has 0 radical (unpaired) electrons. The number of aromatic amines is 1. The van der Waals surface area contributed by atoms with E-state index in [-0.39, 0.29) is 12.0 Å². The van der Waals surface area contributed by atoms with Crippen molar-refractivity contribution in [2.45, 2.75) is 6.92 Å². The quantitative estimate of drug-likeness (QED) is 0.923. The number of piperazine rings is 1. The smallest absolute Gasteiger partial charge is 0.409 e. The van der Waals surface area contributed by atoms with Crippen LogP contribution in [0.3, 0.4) is 0 Å². The van der Waals surface area contributed by atoms with E-state index in [0.717, 1.165) is 10.9 Å². The number of H-pyrrole nitrogens is 1. The number of carbonyl (C=O) groups excluding carboxylic acids is 2. The first-order chi connectivity index (χ1) is 10.7. The molecule has 1 saturated heterocycles. The monoisotopic (exact) mass is 301 g/mol. The molecule has 3 rings (SSSR count). The molecule has 0 aliphatic carbocycles. The maximum absolute atomic E-state index is 12.5. The summed E-state index contributed by atoms with van der Waals surface area (Å²) in [4.78, 5) is 30.7. The maximum Gasteiger partial charge on any atom is 0.409 e. The summed E-state index contributed by atoms with van der Waals surface area (Å²) in [5.74, 6) is 0.00000821. The van der Waals surface area contributed by atoms with E-state index in [4.69, 9.17) is 4.74 Å². The van der Waals surface area contributed by atoms with Crippen LogP contribution in [0.15, 0.2) is 30.5 Å². The Morgan fingerprint density at radius 3 is 2.59 bits per heavy atom. The van der Waals surface area contributed by atoms with Crippen LogP contribution in [0.1, 0.15) is 17.3 Å². The Balaban J connectivity index is 1.65. The molecule has 2 amide bonds. The summed E-state index contributed by atoms with van der Waals surface area (Å²) in [6, 6.07) is 7.63. The molecule has 6 nitrogen and oxygen atoms in total. The zero-order valence-corrected chi connectivity index (χ0v) is 12.5. The van der Waals surface area contributed by atoms with Gasteiger partial charge in [-0.1, -0.05) is 6.07 Å². The summed E-state index contributed by atoms with van der Waals surface area (Å²) < 4.78 is 4.98. The Kier molecular flexibility index (Phi) is 4.00. The number of hydrogen-bond donors (Lipinski definition) is 1. The Labute approximate surface area is 128 Å². The molecule has 22 heavy (non-hydrogen) atoms. The van der Waals surface area contributed by atoms with E-state index < -0.39 is 0 Å². The zero-order valence-electron chi connectivity index (χ0n) is 12.5. The van der Waals surface area contributed by atoms with Crippen molar-refractivity contribution in [3.63, 3.8) is 0 Å². The molecule has 1 aromatic carbocycles. The molecule has 0 atom stereocenters. The van der Waals surface area contributed by atoms with E-state index in [2.05, 4.69) is 4.98 Å². The Morgan fingerprint density at radius 1 is 1.14 bits per heavy atom. The van der Waals surface area contributed by atoms with Crippen LogP contribution in [0.5, 0.6) is 0 Å². The second-order valence-corrected chi connectivity index (χ2v) is 5.26. The molecule has 1 aromatic heterocycles. The molecular formula is C16H19N3O3. The van der Waals surface area contributed by atoms with Crippen molar-refractivity contribution in [2.24, 2.45) is 0 Å². The largest absolute Gasteiger partial charge is 0.450 e. The third-order valence-electron chi connectivity index (χ3n) is 3.89. The van der Waals surface area contributed by atoms with Crippen LogP contribution in [0.25, 0.3) is 10.9 Å². The molecular weight excluding hydrogens is 282 g/mol. The number of hydrogen-bond acceptors (Lipinski definition) is 3. The van der Waals surface area contributed by atoms with Crippen molar-refractivity contribution < 1.29 is 14.3 Å². The van der Waals surface area contributed by atoms with Crippen LogP contribution in [-0.2, 0) is 4.74 Å². The van der Waals surface area contributed by atoms with Crippen LogP contribution >= 0.6 is 0 Å². The lowest BCUT2D eigenvalue weighted by molar-refractivity contribution is 0.0570. The fourth-order valence-corrected chi connectivity index (χ4v) is 2.67. The number of amides is 2. The van der Waals surface area contributed by atoms with Gasteiger partial charge in [-0.25, -0.2) is 4.79 Å². The highest BCUT2D eigenvalue weighted by molar-refractivity contribution is 5.98.